The normalized spacial score (nSPS) is 18.0. The van der Waals surface area contributed by atoms with Crippen molar-refractivity contribution in [1.82, 2.24) is 35.1 Å². The number of benzene rings is 3. The Morgan fingerprint density at radius 3 is 2.76 bits per heavy atom. The fourth-order valence-electron chi connectivity index (χ4n) is 6.44. The van der Waals surface area contributed by atoms with E-state index >= 15 is 0 Å². The topological polar surface area (TPSA) is 161 Å². The van der Waals surface area contributed by atoms with Crippen molar-refractivity contribution >= 4 is 78.8 Å². The van der Waals surface area contributed by atoms with Crippen molar-refractivity contribution < 1.29 is 18.8 Å². The zero-order valence-electron chi connectivity index (χ0n) is 25.9. The lowest BCUT2D eigenvalue weighted by Crippen LogP contribution is -2.66. The van der Waals surface area contributed by atoms with Crippen LogP contribution in [0.15, 0.2) is 76.5 Å². The van der Waals surface area contributed by atoms with Gasteiger partial charge in [0.2, 0.25) is 11.8 Å². The molecule has 7 rings (SSSR count). The number of carbonyl (C=O) groups is 3. The van der Waals surface area contributed by atoms with E-state index in [1.807, 2.05) is 18.2 Å². The largest absolute Gasteiger partial charge is 0.417 e. The zero-order valence-corrected chi connectivity index (χ0v) is 28.2. The first kappa shape index (κ1) is 32.6. The first-order valence-corrected chi connectivity index (χ1v) is 16.9. The zero-order chi connectivity index (χ0) is 34.4. The number of thiazole rings is 1. The summed E-state index contributed by atoms with van der Waals surface area (Å²) in [7, 11) is 0. The number of fused-ring (bicyclic) bond motifs is 3. The van der Waals surface area contributed by atoms with Crippen LogP contribution >= 0.6 is 34.5 Å². The molecular formula is C33H30Cl2N8O5S. The number of aromatic nitrogens is 2. The summed E-state index contributed by atoms with van der Waals surface area (Å²) >= 11 is 13.6. The third-order valence-corrected chi connectivity index (χ3v) is 10.2. The highest BCUT2D eigenvalue weighted by molar-refractivity contribution is 7.22. The van der Waals surface area contributed by atoms with Gasteiger partial charge in [-0.15, -0.1) is 6.58 Å². The summed E-state index contributed by atoms with van der Waals surface area (Å²) in [5.41, 5.74) is 9.86. The molecule has 13 nitrogen and oxygen atoms in total. The Balaban J connectivity index is 1.21. The van der Waals surface area contributed by atoms with Crippen LogP contribution in [0.1, 0.15) is 16.7 Å². The second kappa shape index (κ2) is 13.2. The number of anilines is 1. The van der Waals surface area contributed by atoms with Gasteiger partial charge in [-0.2, -0.15) is 5.01 Å². The minimum absolute atomic E-state index is 0.103. The molecule has 16 heteroatoms. The number of aromatic amines is 1. The Morgan fingerprint density at radius 2 is 1.96 bits per heavy atom. The number of hydrogen-bond donors (Lipinski definition) is 3. The number of para-hydroxylation sites is 1. The van der Waals surface area contributed by atoms with Crippen molar-refractivity contribution in [2.24, 2.45) is 0 Å². The summed E-state index contributed by atoms with van der Waals surface area (Å²) in [6, 6.07) is 14.6. The minimum atomic E-state index is -0.906. The van der Waals surface area contributed by atoms with Gasteiger partial charge in [0.05, 0.1) is 45.4 Å². The number of urea groups is 1. The van der Waals surface area contributed by atoms with Crippen molar-refractivity contribution in [3.63, 3.8) is 0 Å². The number of hydrogen-bond acceptors (Lipinski definition) is 9. The van der Waals surface area contributed by atoms with Gasteiger partial charge in [0.15, 0.2) is 10.7 Å². The van der Waals surface area contributed by atoms with Gasteiger partial charge in [0.25, 0.3) is 0 Å². The van der Waals surface area contributed by atoms with Gasteiger partial charge in [0.1, 0.15) is 12.2 Å². The van der Waals surface area contributed by atoms with Crippen molar-refractivity contribution in [3.05, 3.63) is 105 Å². The Kier molecular flexibility index (Phi) is 8.79. The van der Waals surface area contributed by atoms with E-state index in [9.17, 15) is 19.2 Å². The third-order valence-electron chi connectivity index (χ3n) is 8.63. The number of oxazole rings is 1. The van der Waals surface area contributed by atoms with Crippen LogP contribution < -0.4 is 16.8 Å². The molecule has 0 spiro atoms. The van der Waals surface area contributed by atoms with Crippen molar-refractivity contribution in [2.75, 3.05) is 25.4 Å². The van der Waals surface area contributed by atoms with Gasteiger partial charge in [-0.1, -0.05) is 64.9 Å². The number of nitrogens with two attached hydrogens (primary N) is 1. The van der Waals surface area contributed by atoms with E-state index in [1.54, 1.807) is 57.3 Å². The second-order valence-corrected chi connectivity index (χ2v) is 13.6. The van der Waals surface area contributed by atoms with Gasteiger partial charge < -0.3 is 25.3 Å². The monoisotopic (exact) mass is 720 g/mol. The van der Waals surface area contributed by atoms with Gasteiger partial charge in [-0.25, -0.2) is 14.6 Å². The molecule has 49 heavy (non-hydrogen) atoms. The number of amides is 4. The van der Waals surface area contributed by atoms with Gasteiger partial charge in [0, 0.05) is 19.5 Å². The van der Waals surface area contributed by atoms with E-state index in [1.165, 1.54) is 16.3 Å². The molecule has 0 unspecified atom stereocenters. The van der Waals surface area contributed by atoms with E-state index in [-0.39, 0.29) is 51.0 Å². The summed E-state index contributed by atoms with van der Waals surface area (Å²) in [5, 5.41) is 7.20. The first-order chi connectivity index (χ1) is 23.6. The number of nitrogens with zero attached hydrogens (tertiary/aromatic N) is 5. The van der Waals surface area contributed by atoms with Crippen LogP contribution in [-0.4, -0.2) is 79.5 Å². The first-order valence-electron chi connectivity index (χ1n) is 15.3. The maximum Gasteiger partial charge on any atom is 0.417 e. The van der Waals surface area contributed by atoms with Crippen molar-refractivity contribution in [1.29, 1.82) is 0 Å². The molecule has 0 bridgehead atoms. The number of nitrogens with one attached hydrogen (secondary N) is 2. The molecule has 4 heterocycles. The predicted octanol–water partition coefficient (Wildman–Crippen LogP) is 4.36. The van der Waals surface area contributed by atoms with Crippen LogP contribution in [-0.2, 0) is 29.1 Å². The highest BCUT2D eigenvalue weighted by Crippen LogP contribution is 2.33. The molecule has 2 aromatic heterocycles. The van der Waals surface area contributed by atoms with E-state index in [0.717, 1.165) is 15.8 Å². The molecule has 2 fully saturated rings. The quantitative estimate of drug-likeness (QED) is 0.189. The van der Waals surface area contributed by atoms with E-state index < -0.39 is 24.0 Å². The van der Waals surface area contributed by atoms with Crippen LogP contribution in [0, 0.1) is 0 Å². The van der Waals surface area contributed by atoms with Crippen LogP contribution in [0.4, 0.5) is 9.93 Å². The molecule has 252 valence electrons. The highest BCUT2D eigenvalue weighted by atomic mass is 35.5. The minimum Gasteiger partial charge on any atom is -0.408 e. The van der Waals surface area contributed by atoms with Gasteiger partial charge in [-0.3, -0.25) is 19.6 Å². The summed E-state index contributed by atoms with van der Waals surface area (Å²) in [6.45, 7) is 4.29. The SMILES string of the molecule is C=CCN(C(=O)NCc1ccc(Cl)c(Cl)c1)N1CC(=O)N2[C@@H](Cc3ccc4oc(=O)[nH]c4c3)C(=O)N(Cc3cccc4sc(N)nc34)C[C@@H]21. The molecule has 4 amide bonds. The molecule has 2 aliphatic rings. The van der Waals surface area contributed by atoms with Crippen LogP contribution in [0.3, 0.4) is 0 Å². The lowest BCUT2D eigenvalue weighted by molar-refractivity contribution is -0.157. The molecule has 3 aromatic carbocycles. The van der Waals surface area contributed by atoms with Crippen molar-refractivity contribution in [2.45, 2.75) is 31.7 Å². The number of rotatable bonds is 9. The molecule has 0 saturated carbocycles. The van der Waals surface area contributed by atoms with Crippen LogP contribution in [0.25, 0.3) is 21.3 Å². The van der Waals surface area contributed by atoms with Crippen molar-refractivity contribution in [3.8, 4) is 0 Å². The number of piperazine rings is 1. The number of nitrogen functional groups attached to an aromatic ring is 1. The highest BCUT2D eigenvalue weighted by Gasteiger charge is 2.52. The van der Waals surface area contributed by atoms with Crippen LogP contribution in [0.2, 0.25) is 10.0 Å². The molecule has 2 atom stereocenters. The maximum absolute atomic E-state index is 14.3. The average Bonchev–Trinajstić information content (AvgIpc) is 3.75. The second-order valence-electron chi connectivity index (χ2n) is 11.8. The van der Waals surface area contributed by atoms with E-state index in [2.05, 4.69) is 21.9 Å². The van der Waals surface area contributed by atoms with Gasteiger partial charge in [-0.05, 0) is 47.0 Å². The Bertz CT molecular complexity index is 2180. The van der Waals surface area contributed by atoms with E-state index in [0.29, 0.717) is 37.4 Å². The smallest absolute Gasteiger partial charge is 0.408 e. The molecule has 5 aromatic rings. The maximum atomic E-state index is 14.3. The van der Waals surface area contributed by atoms with E-state index in [4.69, 9.17) is 33.4 Å². The fourth-order valence-corrected chi connectivity index (χ4v) is 7.54. The average molecular weight is 722 g/mol. The number of H-pyrrole nitrogens is 1. The summed E-state index contributed by atoms with van der Waals surface area (Å²) in [4.78, 5) is 64.1. The number of carbonyl (C=O) groups excluding carboxylic acids is 3. The molecule has 2 saturated heterocycles. The molecule has 0 aliphatic carbocycles. The lowest BCUT2D eigenvalue weighted by atomic mass is 9.99. The Labute approximate surface area is 293 Å². The number of hydrazine groups is 1. The Hall–Kier alpha value is -4.89. The Morgan fingerprint density at radius 1 is 1.14 bits per heavy atom. The van der Waals surface area contributed by atoms with Gasteiger partial charge >= 0.3 is 11.8 Å². The van der Waals surface area contributed by atoms with Crippen LogP contribution in [0.5, 0.6) is 0 Å². The molecular weight excluding hydrogens is 691 g/mol. The third kappa shape index (κ3) is 6.35. The molecule has 2 aliphatic heterocycles. The lowest BCUT2D eigenvalue weighted by Gasteiger charge is -2.46. The molecule has 4 N–H and O–H groups in total. The summed E-state index contributed by atoms with van der Waals surface area (Å²) < 4.78 is 6.05. The standard InChI is InChI=1S/C33H30Cl2N8O5S/c1-2-10-41(32(46)37-14-19-6-8-21(34)22(35)11-19)42-17-28(44)43-24(13-18-7-9-25-23(12-18)38-33(47)48-25)30(45)40(16-27(42)43)15-20-4-3-5-26-29(20)39-31(36)49-26/h2-9,11-12,24,27H,1,10,13-17H2,(H2,36,39)(H,37,46)(H,38,47)/t24-,27+/m0/s1. The summed E-state index contributed by atoms with van der Waals surface area (Å²) in [5.74, 6) is -1.15. The summed E-state index contributed by atoms with van der Waals surface area (Å²) in [6.07, 6.45) is 1.06. The fraction of sp³-hybridized carbons (Fsp3) is 0.242. The predicted molar refractivity (Wildman–Crippen MR) is 187 cm³/mol. The number of halogens is 2. The molecule has 0 radical (unpaired) electrons.